The minimum absolute atomic E-state index is 0.115. The predicted octanol–water partition coefficient (Wildman–Crippen LogP) is 2.65. The second kappa shape index (κ2) is 6.63. The third-order valence-corrected chi connectivity index (χ3v) is 7.15. The highest BCUT2D eigenvalue weighted by atomic mass is 32.2. The summed E-state index contributed by atoms with van der Waals surface area (Å²) in [4.78, 5) is 0. The average Bonchev–Trinajstić information content (AvgIpc) is 2.48. The molecule has 0 aromatic carbocycles. The largest absolute Gasteiger partial charge is 0.396 e. The van der Waals surface area contributed by atoms with Crippen molar-refractivity contribution in [3.05, 3.63) is 24.3 Å². The Morgan fingerprint density at radius 1 is 1.24 bits per heavy atom. The van der Waals surface area contributed by atoms with Crippen LogP contribution in [0.3, 0.4) is 0 Å². The van der Waals surface area contributed by atoms with Crippen LogP contribution in [0.5, 0.6) is 0 Å². The van der Waals surface area contributed by atoms with E-state index in [0.29, 0.717) is 0 Å². The Kier molecular flexibility index (Phi) is 5.28. The van der Waals surface area contributed by atoms with Crippen LogP contribution in [0.1, 0.15) is 39.5 Å². The minimum Gasteiger partial charge on any atom is -0.396 e. The molecule has 0 aromatic rings. The first-order valence-electron chi connectivity index (χ1n) is 7.76. The van der Waals surface area contributed by atoms with Crippen LogP contribution in [0.15, 0.2) is 24.3 Å². The highest BCUT2D eigenvalue weighted by Crippen LogP contribution is 2.35. The van der Waals surface area contributed by atoms with Gasteiger partial charge in [-0.15, -0.1) is 0 Å². The minimum atomic E-state index is -3.68. The molecule has 0 aromatic heterocycles. The molecule has 5 heteroatoms. The zero-order chi connectivity index (χ0) is 15.5. The van der Waals surface area contributed by atoms with Gasteiger partial charge in [0.15, 0.2) is 0 Å². The van der Waals surface area contributed by atoms with Crippen molar-refractivity contribution in [3.8, 4) is 0 Å². The van der Waals surface area contributed by atoms with Crippen LogP contribution in [0.4, 0.5) is 0 Å². The summed E-state index contributed by atoms with van der Waals surface area (Å²) in [6, 6.07) is 0. The third-order valence-electron chi connectivity index (χ3n) is 5.12. The predicted molar refractivity (Wildman–Crippen MR) is 83.3 cm³/mol. The highest BCUT2D eigenvalue weighted by Gasteiger charge is 2.43. The number of hydrogen-bond donors (Lipinski definition) is 1. The van der Waals surface area contributed by atoms with Gasteiger partial charge < -0.3 is 5.11 Å². The molecule has 2 rings (SSSR count). The molecule has 0 amide bonds. The molecule has 0 saturated heterocycles. The summed E-state index contributed by atoms with van der Waals surface area (Å²) in [5, 5.41) is 9.41. The molecule has 0 spiro atoms. The Balaban J connectivity index is 2.04. The third kappa shape index (κ3) is 3.41. The normalized spacial score (nSPS) is 36.8. The molecule has 1 N–H and O–H groups in total. The number of aliphatic hydroxyl groups is 1. The van der Waals surface area contributed by atoms with E-state index in [4.69, 9.17) is 4.18 Å². The molecule has 2 aliphatic carbocycles. The molecule has 1 saturated carbocycles. The lowest BCUT2D eigenvalue weighted by Crippen LogP contribution is -2.42. The van der Waals surface area contributed by atoms with Gasteiger partial charge in [0.25, 0.3) is 10.1 Å². The molecule has 0 heterocycles. The van der Waals surface area contributed by atoms with E-state index in [0.717, 1.165) is 25.7 Å². The van der Waals surface area contributed by atoms with E-state index >= 15 is 0 Å². The summed E-state index contributed by atoms with van der Waals surface area (Å²) in [5.41, 5.74) is 0. The summed E-state index contributed by atoms with van der Waals surface area (Å²) >= 11 is 0. The second-order valence-corrected chi connectivity index (χ2v) is 8.47. The standard InChI is InChI=1S/C16H26O4S/c1-13-7-5-6-10-16(13,2)21(18,19)20-12-15-9-4-3-8-14(15)11-17/h5-7,10,13-15,17H,3-4,8-9,11-12H2,1-2H3. The molecule has 4 nitrogen and oxygen atoms in total. The van der Waals surface area contributed by atoms with Crippen molar-refractivity contribution in [2.45, 2.75) is 44.3 Å². The van der Waals surface area contributed by atoms with Crippen LogP contribution in [-0.4, -0.2) is 31.5 Å². The summed E-state index contributed by atoms with van der Waals surface area (Å²) in [7, 11) is -3.68. The molecular weight excluding hydrogens is 288 g/mol. The van der Waals surface area contributed by atoms with Gasteiger partial charge in [-0.3, -0.25) is 4.18 Å². The molecule has 21 heavy (non-hydrogen) atoms. The monoisotopic (exact) mass is 314 g/mol. The van der Waals surface area contributed by atoms with Crippen molar-refractivity contribution in [3.63, 3.8) is 0 Å². The maximum atomic E-state index is 12.6. The van der Waals surface area contributed by atoms with E-state index in [1.807, 2.05) is 19.1 Å². The van der Waals surface area contributed by atoms with Crippen LogP contribution < -0.4 is 0 Å². The van der Waals surface area contributed by atoms with Crippen LogP contribution in [0.2, 0.25) is 0 Å². The number of allylic oxidation sites excluding steroid dienone is 3. The zero-order valence-electron chi connectivity index (χ0n) is 12.9. The Morgan fingerprint density at radius 2 is 1.90 bits per heavy atom. The van der Waals surface area contributed by atoms with Crippen LogP contribution in [0.25, 0.3) is 0 Å². The average molecular weight is 314 g/mol. The van der Waals surface area contributed by atoms with Crippen molar-refractivity contribution >= 4 is 10.1 Å². The first-order valence-corrected chi connectivity index (χ1v) is 9.17. The molecule has 2 aliphatic rings. The van der Waals surface area contributed by atoms with E-state index in [1.165, 1.54) is 0 Å². The van der Waals surface area contributed by atoms with Gasteiger partial charge in [-0.05, 0) is 37.5 Å². The quantitative estimate of drug-likeness (QED) is 0.792. The lowest BCUT2D eigenvalue weighted by atomic mass is 9.80. The van der Waals surface area contributed by atoms with Gasteiger partial charge in [-0.1, -0.05) is 44.1 Å². The van der Waals surface area contributed by atoms with Crippen LogP contribution >= 0.6 is 0 Å². The smallest absolute Gasteiger partial charge is 0.277 e. The fraction of sp³-hybridized carbons (Fsp3) is 0.750. The van der Waals surface area contributed by atoms with Gasteiger partial charge in [-0.25, -0.2) is 0 Å². The van der Waals surface area contributed by atoms with Gasteiger partial charge in [0.05, 0.1) is 6.61 Å². The molecular formula is C16H26O4S. The number of aliphatic hydroxyl groups excluding tert-OH is 1. The van der Waals surface area contributed by atoms with Crippen molar-refractivity contribution in [1.82, 2.24) is 0 Å². The van der Waals surface area contributed by atoms with Crippen LogP contribution in [-0.2, 0) is 14.3 Å². The SMILES string of the molecule is CC1C=CC=CC1(C)S(=O)(=O)OCC1CCCCC1CO. The Morgan fingerprint density at radius 3 is 2.52 bits per heavy atom. The maximum Gasteiger partial charge on any atom is 0.277 e. The molecule has 0 bridgehead atoms. The first-order chi connectivity index (χ1) is 9.90. The van der Waals surface area contributed by atoms with Gasteiger partial charge >= 0.3 is 0 Å². The number of hydrogen-bond acceptors (Lipinski definition) is 4. The first kappa shape index (κ1) is 16.7. The van der Waals surface area contributed by atoms with E-state index in [2.05, 4.69) is 0 Å². The topological polar surface area (TPSA) is 63.6 Å². The van der Waals surface area contributed by atoms with Crippen LogP contribution in [0, 0.1) is 17.8 Å². The molecule has 1 fully saturated rings. The van der Waals surface area contributed by atoms with Gasteiger partial charge in [0.2, 0.25) is 0 Å². The van der Waals surface area contributed by atoms with E-state index in [1.54, 1.807) is 19.1 Å². The fourth-order valence-electron chi connectivity index (χ4n) is 3.18. The molecule has 0 aliphatic heterocycles. The van der Waals surface area contributed by atoms with Gasteiger partial charge in [-0.2, -0.15) is 8.42 Å². The lowest BCUT2D eigenvalue weighted by molar-refractivity contribution is 0.0963. The van der Waals surface area contributed by atoms with Gasteiger partial charge in [0.1, 0.15) is 4.75 Å². The zero-order valence-corrected chi connectivity index (χ0v) is 13.7. The highest BCUT2D eigenvalue weighted by molar-refractivity contribution is 7.88. The van der Waals surface area contributed by atoms with E-state index < -0.39 is 14.9 Å². The maximum absolute atomic E-state index is 12.6. The Hall–Kier alpha value is -0.650. The molecule has 120 valence electrons. The number of rotatable bonds is 5. The Labute approximate surface area is 128 Å². The van der Waals surface area contributed by atoms with Crippen molar-refractivity contribution in [2.75, 3.05) is 13.2 Å². The van der Waals surface area contributed by atoms with Crippen molar-refractivity contribution in [1.29, 1.82) is 0 Å². The summed E-state index contributed by atoms with van der Waals surface area (Å²) in [6.07, 6.45) is 11.3. The van der Waals surface area contributed by atoms with E-state index in [-0.39, 0.29) is 31.0 Å². The Bertz CT molecular complexity index is 508. The summed E-state index contributed by atoms with van der Waals surface area (Å²) in [6.45, 7) is 3.90. The van der Waals surface area contributed by atoms with Crippen molar-refractivity contribution in [2.24, 2.45) is 17.8 Å². The fourth-order valence-corrected chi connectivity index (χ4v) is 4.57. The molecule has 4 atom stereocenters. The second-order valence-electron chi connectivity index (χ2n) is 6.44. The molecule has 0 radical (unpaired) electrons. The van der Waals surface area contributed by atoms with Gasteiger partial charge in [0, 0.05) is 6.61 Å². The van der Waals surface area contributed by atoms with E-state index in [9.17, 15) is 13.5 Å². The summed E-state index contributed by atoms with van der Waals surface area (Å²) in [5.74, 6) is 0.189. The summed E-state index contributed by atoms with van der Waals surface area (Å²) < 4.78 is 29.6. The lowest BCUT2D eigenvalue weighted by Gasteiger charge is -2.34. The van der Waals surface area contributed by atoms with Crippen molar-refractivity contribution < 1.29 is 17.7 Å². The molecule has 4 unspecified atom stereocenters.